The molecule has 4 aromatic rings. The number of hydrogen-bond acceptors (Lipinski definition) is 7. The summed E-state index contributed by atoms with van der Waals surface area (Å²) < 4.78 is 40.3. The average molecular weight is 667 g/mol. The Morgan fingerprint density at radius 1 is 0.449 bits per heavy atom. The van der Waals surface area contributed by atoms with Crippen molar-refractivity contribution in [1.82, 2.24) is 0 Å². The van der Waals surface area contributed by atoms with Crippen molar-refractivity contribution in [3.05, 3.63) is 144 Å². The fraction of sp³-hybridized carbons (Fsp3) is 0.405. The van der Waals surface area contributed by atoms with E-state index in [0.29, 0.717) is 39.5 Å². The number of hydrogen-bond donors (Lipinski definition) is 0. The number of carbonyl (C=O) groups is 1. The predicted molar refractivity (Wildman–Crippen MR) is 190 cm³/mol. The molecule has 7 heteroatoms. The van der Waals surface area contributed by atoms with Crippen LogP contribution >= 0.6 is 0 Å². The van der Waals surface area contributed by atoms with Gasteiger partial charge in [-0.05, 0) is 35.1 Å². The zero-order valence-corrected chi connectivity index (χ0v) is 28.7. The third kappa shape index (κ3) is 11.1. The largest absolute Gasteiger partial charge is 0.457 e. The van der Waals surface area contributed by atoms with Crippen molar-refractivity contribution >= 4 is 5.97 Å². The van der Waals surface area contributed by atoms with Gasteiger partial charge in [-0.2, -0.15) is 0 Å². The Morgan fingerprint density at radius 3 is 1.10 bits per heavy atom. The van der Waals surface area contributed by atoms with Gasteiger partial charge in [-0.1, -0.05) is 142 Å². The molecule has 0 aliphatic heterocycles. The molecule has 0 amide bonds. The van der Waals surface area contributed by atoms with Crippen molar-refractivity contribution in [3.8, 4) is 0 Å². The smallest absolute Gasteiger partial charge is 0.306 e. The van der Waals surface area contributed by atoms with E-state index in [1.54, 1.807) is 0 Å². The van der Waals surface area contributed by atoms with E-state index in [2.05, 4.69) is 6.92 Å². The topological polar surface area (TPSA) is 72.5 Å². The second-order valence-electron chi connectivity index (χ2n) is 12.4. The second kappa shape index (κ2) is 20.0. The Bertz CT molecular complexity index is 1470. The molecule has 1 aliphatic carbocycles. The summed E-state index contributed by atoms with van der Waals surface area (Å²) in [5.41, 5.74) is 4.04. The highest BCUT2D eigenvalue weighted by Crippen LogP contribution is 2.36. The Kier molecular flexibility index (Phi) is 14.9. The van der Waals surface area contributed by atoms with E-state index in [-0.39, 0.29) is 12.4 Å². The molecule has 1 saturated carbocycles. The summed E-state index contributed by atoms with van der Waals surface area (Å²) in [5.74, 6) is -0.308. The van der Waals surface area contributed by atoms with Gasteiger partial charge in [-0.25, -0.2) is 0 Å². The van der Waals surface area contributed by atoms with Crippen LogP contribution in [0.1, 0.15) is 61.8 Å². The molecular formula is C42H50O7. The van der Waals surface area contributed by atoms with Crippen molar-refractivity contribution in [2.75, 3.05) is 6.61 Å². The van der Waals surface area contributed by atoms with Gasteiger partial charge < -0.3 is 28.4 Å². The van der Waals surface area contributed by atoms with E-state index < -0.39 is 36.6 Å². The molecule has 1 fully saturated rings. The Balaban J connectivity index is 1.56. The highest BCUT2D eigenvalue weighted by molar-refractivity contribution is 5.69. The molecule has 7 nitrogen and oxygen atoms in total. The predicted octanol–water partition coefficient (Wildman–Crippen LogP) is 8.24. The molecule has 0 bridgehead atoms. The van der Waals surface area contributed by atoms with Gasteiger partial charge in [-0.15, -0.1) is 0 Å². The van der Waals surface area contributed by atoms with Crippen LogP contribution in [0.4, 0.5) is 0 Å². The van der Waals surface area contributed by atoms with Crippen LogP contribution < -0.4 is 0 Å². The van der Waals surface area contributed by atoms with Crippen LogP contribution in [0.2, 0.25) is 0 Å². The molecule has 1 aliphatic rings. The Labute approximate surface area is 291 Å². The standard InChI is InChI=1S/C42H50O7/c1-3-5-27-44-40-38(46-29-33-21-12-7-13-22-33)37(45-28-32-19-10-6-11-20-32)39(47-30-34-23-14-8-15-24-34)41(42(40)49-36(43)18-4-2)48-31-35-25-16-9-17-26-35/h6-17,19-26,37-42H,3-5,18,27-31H2,1-2H3/t37-,38-,39+,40+,41-,42+/m1/s1. The number of rotatable bonds is 19. The maximum Gasteiger partial charge on any atom is 0.306 e. The van der Waals surface area contributed by atoms with E-state index >= 15 is 0 Å². The first-order chi connectivity index (χ1) is 24.2. The SMILES string of the molecule is CCCCO[C@H]1[C@H](OCc2ccccc2)[C@@H](OCc2ccccc2)[C@H](OCc2ccccc2)[C@@H](OCc2ccccc2)[C@H]1OC(=O)CCC. The zero-order chi connectivity index (χ0) is 34.1. The minimum Gasteiger partial charge on any atom is -0.457 e. The van der Waals surface area contributed by atoms with Crippen molar-refractivity contribution in [3.63, 3.8) is 0 Å². The van der Waals surface area contributed by atoms with Gasteiger partial charge in [0.15, 0.2) is 6.10 Å². The lowest BCUT2D eigenvalue weighted by Crippen LogP contribution is -2.67. The lowest BCUT2D eigenvalue weighted by molar-refractivity contribution is -0.285. The summed E-state index contributed by atoms with van der Waals surface area (Å²) in [4.78, 5) is 13.3. The minimum atomic E-state index is -0.808. The Hall–Kier alpha value is -3.85. The summed E-state index contributed by atoms with van der Waals surface area (Å²) in [6, 6.07) is 40.1. The third-order valence-corrected chi connectivity index (χ3v) is 8.61. The second-order valence-corrected chi connectivity index (χ2v) is 12.4. The van der Waals surface area contributed by atoms with Crippen LogP contribution in [0.15, 0.2) is 121 Å². The summed E-state index contributed by atoms with van der Waals surface area (Å²) in [5, 5.41) is 0. The molecule has 0 aromatic heterocycles. The maximum absolute atomic E-state index is 13.3. The number of ether oxygens (including phenoxy) is 6. The van der Waals surface area contributed by atoms with Crippen molar-refractivity contribution in [2.45, 2.75) is 103 Å². The van der Waals surface area contributed by atoms with Gasteiger partial charge in [0.05, 0.1) is 26.4 Å². The lowest BCUT2D eigenvalue weighted by atomic mass is 9.83. The van der Waals surface area contributed by atoms with Crippen LogP contribution in [-0.2, 0) is 59.6 Å². The van der Waals surface area contributed by atoms with Crippen LogP contribution in [0.25, 0.3) is 0 Å². The first-order valence-corrected chi connectivity index (χ1v) is 17.6. The molecule has 0 unspecified atom stereocenters. The molecule has 0 radical (unpaired) electrons. The fourth-order valence-corrected chi connectivity index (χ4v) is 6.05. The van der Waals surface area contributed by atoms with E-state index in [0.717, 1.165) is 35.1 Å². The van der Waals surface area contributed by atoms with Gasteiger partial charge in [0, 0.05) is 13.0 Å². The molecule has 6 atom stereocenters. The summed E-state index contributed by atoms with van der Waals surface area (Å²) in [6.45, 7) is 5.81. The zero-order valence-electron chi connectivity index (χ0n) is 28.7. The van der Waals surface area contributed by atoms with E-state index in [9.17, 15) is 4.79 Å². The number of esters is 1. The molecule has 0 saturated heterocycles. The minimum absolute atomic E-state index is 0.280. The quantitative estimate of drug-likeness (QED) is 0.0738. The van der Waals surface area contributed by atoms with Gasteiger partial charge in [-0.3, -0.25) is 4.79 Å². The molecule has 260 valence electrons. The molecule has 49 heavy (non-hydrogen) atoms. The van der Waals surface area contributed by atoms with Crippen molar-refractivity contribution in [2.24, 2.45) is 0 Å². The maximum atomic E-state index is 13.3. The number of benzene rings is 4. The highest BCUT2D eigenvalue weighted by Gasteiger charge is 2.56. The third-order valence-electron chi connectivity index (χ3n) is 8.61. The monoisotopic (exact) mass is 666 g/mol. The van der Waals surface area contributed by atoms with Crippen molar-refractivity contribution in [1.29, 1.82) is 0 Å². The molecule has 0 spiro atoms. The summed E-state index contributed by atoms with van der Waals surface area (Å²) >= 11 is 0. The van der Waals surface area contributed by atoms with E-state index in [4.69, 9.17) is 28.4 Å². The molecular weight excluding hydrogens is 616 g/mol. The van der Waals surface area contributed by atoms with Crippen LogP contribution in [0, 0.1) is 0 Å². The first kappa shape index (κ1) is 36.4. The van der Waals surface area contributed by atoms with Crippen LogP contribution in [-0.4, -0.2) is 49.2 Å². The van der Waals surface area contributed by atoms with E-state index in [1.807, 2.05) is 128 Å². The first-order valence-electron chi connectivity index (χ1n) is 17.6. The van der Waals surface area contributed by atoms with Gasteiger partial charge in [0.1, 0.15) is 30.5 Å². The summed E-state index contributed by atoms with van der Waals surface area (Å²) in [6.07, 6.45) is -1.39. The van der Waals surface area contributed by atoms with Crippen LogP contribution in [0.5, 0.6) is 0 Å². The highest BCUT2D eigenvalue weighted by atomic mass is 16.6. The van der Waals surface area contributed by atoms with Gasteiger partial charge in [0.2, 0.25) is 0 Å². The normalized spacial score (nSPS) is 22.1. The summed E-state index contributed by atoms with van der Waals surface area (Å²) in [7, 11) is 0. The van der Waals surface area contributed by atoms with Crippen molar-refractivity contribution < 1.29 is 33.2 Å². The van der Waals surface area contributed by atoms with Gasteiger partial charge >= 0.3 is 5.97 Å². The fourth-order valence-electron chi connectivity index (χ4n) is 6.05. The molecule has 5 rings (SSSR count). The Morgan fingerprint density at radius 2 is 0.776 bits per heavy atom. The molecule has 4 aromatic carbocycles. The number of carbonyl (C=O) groups excluding carboxylic acids is 1. The van der Waals surface area contributed by atoms with E-state index in [1.165, 1.54) is 0 Å². The number of unbranched alkanes of at least 4 members (excludes halogenated alkanes) is 1. The van der Waals surface area contributed by atoms with Gasteiger partial charge in [0.25, 0.3) is 0 Å². The molecule has 0 heterocycles. The lowest BCUT2D eigenvalue weighted by Gasteiger charge is -2.49. The average Bonchev–Trinajstić information content (AvgIpc) is 3.14. The van der Waals surface area contributed by atoms with Crippen LogP contribution in [0.3, 0.4) is 0 Å². The molecule has 0 N–H and O–H groups in total.